The molecule has 1 N–H and O–H groups in total. The number of carbonyl (C=O) groups excluding carboxylic acids is 1. The van der Waals surface area contributed by atoms with Gasteiger partial charge in [-0.15, -0.1) is 0 Å². The predicted molar refractivity (Wildman–Crippen MR) is 46.1 cm³/mol. The van der Waals surface area contributed by atoms with Gasteiger partial charge < -0.3 is 15.0 Å². The number of likely N-dealkylation sites (N-methyl/N-ethyl adjacent to an activating group) is 1. The summed E-state index contributed by atoms with van der Waals surface area (Å²) in [6.45, 7) is 4.14. The standard InChI is InChI=1S/C8H16N2O2/c1-3-12-8(11)10(2)7-4-5-9-6-7/h7,9H,3-6H2,1-2H3/t7-/m1/s1. The van der Waals surface area contributed by atoms with Crippen molar-refractivity contribution >= 4 is 6.09 Å². The Balaban J connectivity index is 2.34. The lowest BCUT2D eigenvalue weighted by molar-refractivity contribution is 0.104. The van der Waals surface area contributed by atoms with Crippen LogP contribution in [0.2, 0.25) is 0 Å². The van der Waals surface area contributed by atoms with E-state index < -0.39 is 0 Å². The molecule has 4 heteroatoms. The highest BCUT2D eigenvalue weighted by Gasteiger charge is 2.23. The first-order valence-corrected chi connectivity index (χ1v) is 4.36. The van der Waals surface area contributed by atoms with Crippen molar-refractivity contribution in [1.82, 2.24) is 10.2 Å². The van der Waals surface area contributed by atoms with Gasteiger partial charge in [-0.05, 0) is 19.9 Å². The summed E-state index contributed by atoms with van der Waals surface area (Å²) >= 11 is 0. The minimum absolute atomic E-state index is 0.216. The number of hydrogen-bond acceptors (Lipinski definition) is 3. The van der Waals surface area contributed by atoms with Gasteiger partial charge in [-0.3, -0.25) is 0 Å². The monoisotopic (exact) mass is 172 g/mol. The molecule has 0 spiro atoms. The Kier molecular flexibility index (Phi) is 3.34. The van der Waals surface area contributed by atoms with E-state index in [1.54, 1.807) is 11.9 Å². The van der Waals surface area contributed by atoms with Crippen LogP contribution in [0, 0.1) is 0 Å². The Labute approximate surface area is 72.9 Å². The molecule has 4 nitrogen and oxygen atoms in total. The lowest BCUT2D eigenvalue weighted by atomic mass is 10.2. The molecule has 1 atom stereocenters. The van der Waals surface area contributed by atoms with Crippen LogP contribution in [-0.4, -0.2) is 43.8 Å². The van der Waals surface area contributed by atoms with Crippen molar-refractivity contribution in [3.05, 3.63) is 0 Å². The van der Waals surface area contributed by atoms with Crippen LogP contribution in [0.3, 0.4) is 0 Å². The molecule has 1 aliphatic rings. The Hall–Kier alpha value is -0.770. The fourth-order valence-electron chi connectivity index (χ4n) is 1.34. The summed E-state index contributed by atoms with van der Waals surface area (Å²) in [6, 6.07) is 0.309. The van der Waals surface area contributed by atoms with Crippen LogP contribution in [0.5, 0.6) is 0 Å². The van der Waals surface area contributed by atoms with Crippen molar-refractivity contribution in [1.29, 1.82) is 0 Å². The van der Waals surface area contributed by atoms with Gasteiger partial charge in [0, 0.05) is 19.6 Å². The molecule has 70 valence electrons. The Morgan fingerprint density at radius 1 is 1.75 bits per heavy atom. The third-order valence-corrected chi connectivity index (χ3v) is 2.14. The minimum Gasteiger partial charge on any atom is -0.450 e. The molecule has 1 saturated heterocycles. The van der Waals surface area contributed by atoms with E-state index in [0.29, 0.717) is 12.6 Å². The summed E-state index contributed by atoms with van der Waals surface area (Å²) in [5.41, 5.74) is 0. The topological polar surface area (TPSA) is 41.6 Å². The Morgan fingerprint density at radius 2 is 2.50 bits per heavy atom. The largest absolute Gasteiger partial charge is 0.450 e. The highest BCUT2D eigenvalue weighted by Crippen LogP contribution is 2.06. The fourth-order valence-corrected chi connectivity index (χ4v) is 1.34. The molecular formula is C8H16N2O2. The molecule has 0 aromatic heterocycles. The minimum atomic E-state index is -0.216. The quantitative estimate of drug-likeness (QED) is 0.657. The number of amides is 1. The Morgan fingerprint density at radius 3 is 3.00 bits per heavy atom. The van der Waals surface area contributed by atoms with Gasteiger partial charge in [-0.2, -0.15) is 0 Å². The second-order valence-electron chi connectivity index (χ2n) is 2.96. The number of ether oxygens (including phenoxy) is 1. The third kappa shape index (κ3) is 2.11. The lowest BCUT2D eigenvalue weighted by Gasteiger charge is -2.22. The first kappa shape index (κ1) is 9.32. The van der Waals surface area contributed by atoms with Crippen LogP contribution >= 0.6 is 0 Å². The van der Waals surface area contributed by atoms with Gasteiger partial charge in [0.25, 0.3) is 0 Å². The molecule has 1 fully saturated rings. The molecule has 0 aromatic rings. The van der Waals surface area contributed by atoms with Crippen LogP contribution in [0.4, 0.5) is 4.79 Å². The fraction of sp³-hybridized carbons (Fsp3) is 0.875. The Bertz CT molecular complexity index is 155. The number of hydrogen-bond donors (Lipinski definition) is 1. The summed E-state index contributed by atoms with van der Waals surface area (Å²) < 4.78 is 4.88. The molecule has 1 rings (SSSR count). The van der Waals surface area contributed by atoms with Gasteiger partial charge in [0.1, 0.15) is 0 Å². The first-order valence-electron chi connectivity index (χ1n) is 4.36. The van der Waals surface area contributed by atoms with Gasteiger partial charge in [0.15, 0.2) is 0 Å². The van der Waals surface area contributed by atoms with Gasteiger partial charge in [0.05, 0.1) is 6.61 Å². The maximum atomic E-state index is 11.2. The van der Waals surface area contributed by atoms with E-state index in [0.717, 1.165) is 19.5 Å². The van der Waals surface area contributed by atoms with Gasteiger partial charge in [-0.25, -0.2) is 4.79 Å². The van der Waals surface area contributed by atoms with Crippen molar-refractivity contribution in [2.45, 2.75) is 19.4 Å². The van der Waals surface area contributed by atoms with Crippen LogP contribution < -0.4 is 5.32 Å². The van der Waals surface area contributed by atoms with Crippen molar-refractivity contribution in [3.63, 3.8) is 0 Å². The zero-order chi connectivity index (χ0) is 8.97. The summed E-state index contributed by atoms with van der Waals surface area (Å²) in [5, 5.41) is 3.20. The molecule has 0 saturated carbocycles. The van der Waals surface area contributed by atoms with E-state index in [4.69, 9.17) is 4.74 Å². The van der Waals surface area contributed by atoms with Gasteiger partial charge in [-0.1, -0.05) is 0 Å². The number of carbonyl (C=O) groups is 1. The van der Waals surface area contributed by atoms with Crippen molar-refractivity contribution in [2.75, 3.05) is 26.7 Å². The molecule has 0 aromatic carbocycles. The molecule has 1 amide bonds. The maximum Gasteiger partial charge on any atom is 0.409 e. The number of rotatable bonds is 2. The molecule has 0 bridgehead atoms. The molecule has 0 radical (unpaired) electrons. The van der Waals surface area contributed by atoms with Crippen LogP contribution in [0.15, 0.2) is 0 Å². The highest BCUT2D eigenvalue weighted by atomic mass is 16.6. The van der Waals surface area contributed by atoms with Crippen LogP contribution in [-0.2, 0) is 4.74 Å². The van der Waals surface area contributed by atoms with Gasteiger partial charge in [0.2, 0.25) is 0 Å². The second-order valence-corrected chi connectivity index (χ2v) is 2.96. The molecule has 1 heterocycles. The van der Waals surface area contributed by atoms with E-state index in [1.807, 2.05) is 6.92 Å². The van der Waals surface area contributed by atoms with Crippen LogP contribution in [0.1, 0.15) is 13.3 Å². The van der Waals surface area contributed by atoms with Crippen LogP contribution in [0.25, 0.3) is 0 Å². The molecule has 12 heavy (non-hydrogen) atoms. The summed E-state index contributed by atoms with van der Waals surface area (Å²) in [6.07, 6.45) is 0.807. The SMILES string of the molecule is CCOC(=O)N(C)[C@@H]1CCNC1. The van der Waals surface area contributed by atoms with E-state index >= 15 is 0 Å². The summed E-state index contributed by atoms with van der Waals surface area (Å²) in [5.74, 6) is 0. The maximum absolute atomic E-state index is 11.2. The van der Waals surface area contributed by atoms with E-state index in [2.05, 4.69) is 5.32 Å². The predicted octanol–water partition coefficient (Wildman–Crippen LogP) is 0.437. The van der Waals surface area contributed by atoms with Gasteiger partial charge >= 0.3 is 6.09 Å². The van der Waals surface area contributed by atoms with Crippen molar-refractivity contribution in [3.8, 4) is 0 Å². The molecule has 0 aliphatic carbocycles. The molecule has 1 aliphatic heterocycles. The second kappa shape index (κ2) is 4.30. The lowest BCUT2D eigenvalue weighted by Crippen LogP contribution is -2.38. The summed E-state index contributed by atoms with van der Waals surface area (Å²) in [4.78, 5) is 12.9. The highest BCUT2D eigenvalue weighted by molar-refractivity contribution is 5.67. The zero-order valence-electron chi connectivity index (χ0n) is 7.67. The van der Waals surface area contributed by atoms with Crippen molar-refractivity contribution < 1.29 is 9.53 Å². The van der Waals surface area contributed by atoms with E-state index in [-0.39, 0.29) is 6.09 Å². The zero-order valence-corrected chi connectivity index (χ0v) is 7.67. The smallest absolute Gasteiger partial charge is 0.409 e. The van der Waals surface area contributed by atoms with Crippen molar-refractivity contribution in [2.24, 2.45) is 0 Å². The van der Waals surface area contributed by atoms with E-state index in [9.17, 15) is 4.79 Å². The molecular weight excluding hydrogens is 156 g/mol. The number of nitrogens with zero attached hydrogens (tertiary/aromatic N) is 1. The normalized spacial score (nSPS) is 22.3. The summed E-state index contributed by atoms with van der Waals surface area (Å²) in [7, 11) is 1.79. The average Bonchev–Trinajstić information content (AvgIpc) is 2.55. The molecule has 0 unspecified atom stereocenters. The number of nitrogens with one attached hydrogen (secondary N) is 1. The van der Waals surface area contributed by atoms with E-state index in [1.165, 1.54) is 0 Å². The third-order valence-electron chi connectivity index (χ3n) is 2.14. The average molecular weight is 172 g/mol. The first-order chi connectivity index (χ1) is 5.75.